The molecule has 3 aromatic rings. The van der Waals surface area contributed by atoms with Crippen LogP contribution < -0.4 is 4.74 Å². The number of carbonyl (C=O) groups excluding carboxylic acids is 1. The van der Waals surface area contributed by atoms with E-state index in [1.54, 1.807) is 7.05 Å². The third-order valence-corrected chi connectivity index (χ3v) is 11.3. The molecule has 5 rings (SSSR count). The summed E-state index contributed by atoms with van der Waals surface area (Å²) in [5.74, 6) is -0.143. The third kappa shape index (κ3) is 8.85. The van der Waals surface area contributed by atoms with Crippen LogP contribution in [0.25, 0.3) is 0 Å². The molecule has 254 valence electrons. The molecule has 1 saturated carbocycles. The van der Waals surface area contributed by atoms with E-state index in [1.807, 2.05) is 60.4 Å². The number of ether oxygens (including phenoxy) is 2. The Morgan fingerprint density at radius 3 is 2.11 bits per heavy atom. The van der Waals surface area contributed by atoms with Crippen molar-refractivity contribution in [3.8, 4) is 5.75 Å². The summed E-state index contributed by atoms with van der Waals surface area (Å²) in [4.78, 5) is 17.1. The molecule has 2 fully saturated rings. The number of piperidine rings is 1. The van der Waals surface area contributed by atoms with E-state index in [4.69, 9.17) is 4.74 Å². The molecule has 0 radical (unpaired) electrons. The fraction of sp³-hybridized carbons (Fsp3) is 0.457. The first kappa shape index (κ1) is 34.7. The maximum atomic E-state index is 13.6. The monoisotopic (exact) mass is 673 g/mol. The summed E-state index contributed by atoms with van der Waals surface area (Å²) in [6, 6.07) is 23.9. The number of benzene rings is 3. The quantitative estimate of drug-likeness (QED) is 0.221. The fourth-order valence-corrected chi connectivity index (χ4v) is 8.34. The number of halogens is 3. The van der Waals surface area contributed by atoms with Crippen molar-refractivity contribution in [1.82, 2.24) is 14.1 Å². The standard InChI is InChI=1S/C35H42F3N3O5S/c1-3-41(34(42)45-25-26-10-6-4-7-11-26)29-18-20-40(21-19-29)24-28-22-30(23-33(28)27-12-8-5-9-13-27)39(2)47(43,44)32-16-14-31(15-17-32)46-35(36,37)38/h4-17,28-30,33H,3,18-25H2,1-2H3. The molecule has 1 aliphatic heterocycles. The maximum absolute atomic E-state index is 13.6. The second-order valence-corrected chi connectivity index (χ2v) is 14.3. The summed E-state index contributed by atoms with van der Waals surface area (Å²) in [6.45, 7) is 5.20. The lowest BCUT2D eigenvalue weighted by atomic mass is 9.88. The van der Waals surface area contributed by atoms with E-state index in [1.165, 1.54) is 4.31 Å². The van der Waals surface area contributed by atoms with Crippen LogP contribution in [0, 0.1) is 5.92 Å². The summed E-state index contributed by atoms with van der Waals surface area (Å²) in [5, 5.41) is 0. The number of likely N-dealkylation sites (tertiary alicyclic amines) is 1. The second-order valence-electron chi connectivity index (χ2n) is 12.3. The van der Waals surface area contributed by atoms with Gasteiger partial charge in [-0.15, -0.1) is 13.2 Å². The van der Waals surface area contributed by atoms with Crippen molar-refractivity contribution >= 4 is 16.1 Å². The molecule has 1 aliphatic carbocycles. The van der Waals surface area contributed by atoms with Crippen molar-refractivity contribution in [2.45, 2.75) is 68.5 Å². The van der Waals surface area contributed by atoms with Gasteiger partial charge < -0.3 is 19.3 Å². The van der Waals surface area contributed by atoms with Crippen LogP contribution in [0.1, 0.15) is 49.7 Å². The fourth-order valence-electron chi connectivity index (χ4n) is 6.96. The topological polar surface area (TPSA) is 79.4 Å². The van der Waals surface area contributed by atoms with E-state index in [0.29, 0.717) is 19.4 Å². The van der Waals surface area contributed by atoms with Crippen LogP contribution in [0.3, 0.4) is 0 Å². The van der Waals surface area contributed by atoms with E-state index < -0.39 is 22.1 Å². The Labute approximate surface area is 275 Å². The van der Waals surface area contributed by atoms with Crippen LogP contribution >= 0.6 is 0 Å². The summed E-state index contributed by atoms with van der Waals surface area (Å²) in [5.41, 5.74) is 2.11. The zero-order valence-corrected chi connectivity index (χ0v) is 27.5. The van der Waals surface area contributed by atoms with Crippen molar-refractivity contribution in [3.63, 3.8) is 0 Å². The van der Waals surface area contributed by atoms with E-state index in [-0.39, 0.29) is 41.5 Å². The highest BCUT2D eigenvalue weighted by Gasteiger charge is 2.42. The molecule has 0 aromatic heterocycles. The normalized spacial score (nSPS) is 21.1. The molecule has 3 atom stereocenters. The van der Waals surface area contributed by atoms with Crippen molar-refractivity contribution in [2.24, 2.45) is 5.92 Å². The number of nitrogens with zero attached hydrogens (tertiary/aromatic N) is 3. The molecule has 0 spiro atoms. The average molecular weight is 674 g/mol. The van der Waals surface area contributed by atoms with E-state index in [0.717, 1.165) is 67.9 Å². The van der Waals surface area contributed by atoms with Gasteiger partial charge in [-0.25, -0.2) is 13.2 Å². The maximum Gasteiger partial charge on any atom is 0.573 e. The van der Waals surface area contributed by atoms with Gasteiger partial charge in [-0.1, -0.05) is 60.7 Å². The first-order valence-electron chi connectivity index (χ1n) is 16.0. The Hall–Kier alpha value is -3.61. The number of hydrogen-bond donors (Lipinski definition) is 0. The van der Waals surface area contributed by atoms with Gasteiger partial charge >= 0.3 is 12.5 Å². The first-order chi connectivity index (χ1) is 22.4. The third-order valence-electron chi connectivity index (χ3n) is 9.42. The van der Waals surface area contributed by atoms with Crippen LogP contribution in [0.2, 0.25) is 0 Å². The molecule has 2 aliphatic rings. The molecule has 8 nitrogen and oxygen atoms in total. The average Bonchev–Trinajstić information content (AvgIpc) is 3.48. The Kier molecular flexibility index (Phi) is 11.1. The summed E-state index contributed by atoms with van der Waals surface area (Å²) in [7, 11) is -2.41. The smallest absolute Gasteiger partial charge is 0.445 e. The highest BCUT2D eigenvalue weighted by atomic mass is 32.2. The Morgan fingerprint density at radius 2 is 1.51 bits per heavy atom. The molecular weight excluding hydrogens is 631 g/mol. The van der Waals surface area contributed by atoms with Crippen LogP contribution in [0.4, 0.5) is 18.0 Å². The number of amides is 1. The van der Waals surface area contributed by atoms with Gasteiger partial charge in [0.1, 0.15) is 12.4 Å². The molecular formula is C35H42F3N3O5S. The highest BCUT2D eigenvalue weighted by molar-refractivity contribution is 7.89. The zero-order valence-electron chi connectivity index (χ0n) is 26.7. The molecule has 0 N–H and O–H groups in total. The van der Waals surface area contributed by atoms with Gasteiger partial charge in [0.25, 0.3) is 0 Å². The second kappa shape index (κ2) is 15.1. The number of sulfonamides is 1. The van der Waals surface area contributed by atoms with Crippen LogP contribution in [-0.4, -0.2) is 80.3 Å². The van der Waals surface area contributed by atoms with Crippen molar-refractivity contribution in [1.29, 1.82) is 0 Å². The van der Waals surface area contributed by atoms with Gasteiger partial charge in [-0.05, 0) is 79.8 Å². The zero-order chi connectivity index (χ0) is 33.6. The number of rotatable bonds is 11. The lowest BCUT2D eigenvalue weighted by molar-refractivity contribution is -0.274. The van der Waals surface area contributed by atoms with Crippen molar-refractivity contribution < 1.29 is 35.9 Å². The molecule has 12 heteroatoms. The van der Waals surface area contributed by atoms with Crippen molar-refractivity contribution in [2.75, 3.05) is 33.2 Å². The highest BCUT2D eigenvalue weighted by Crippen LogP contribution is 2.43. The Bertz CT molecular complexity index is 1550. The van der Waals surface area contributed by atoms with Crippen LogP contribution in [0.15, 0.2) is 89.8 Å². The lowest BCUT2D eigenvalue weighted by Gasteiger charge is -2.39. The minimum atomic E-state index is -4.86. The Morgan fingerprint density at radius 1 is 0.894 bits per heavy atom. The largest absolute Gasteiger partial charge is 0.573 e. The number of carbonyl (C=O) groups is 1. The van der Waals surface area contributed by atoms with Crippen molar-refractivity contribution in [3.05, 3.63) is 96.1 Å². The Balaban J connectivity index is 1.21. The molecule has 1 heterocycles. The lowest BCUT2D eigenvalue weighted by Crippen LogP contribution is -2.48. The SMILES string of the molecule is CCN(C(=O)OCc1ccccc1)C1CCN(CC2CC(N(C)S(=O)(=O)c3ccc(OC(F)(F)F)cc3)CC2c2ccccc2)CC1. The summed E-state index contributed by atoms with van der Waals surface area (Å²) < 4.78 is 75.9. The van der Waals surface area contributed by atoms with E-state index in [9.17, 15) is 26.4 Å². The van der Waals surface area contributed by atoms with Gasteiger partial charge in [0.05, 0.1) is 4.90 Å². The molecule has 1 saturated heterocycles. The molecule has 3 aromatic carbocycles. The predicted molar refractivity (Wildman–Crippen MR) is 172 cm³/mol. The molecule has 47 heavy (non-hydrogen) atoms. The molecule has 1 amide bonds. The number of alkyl halides is 3. The van der Waals surface area contributed by atoms with Gasteiger partial charge in [0, 0.05) is 45.3 Å². The van der Waals surface area contributed by atoms with Crippen LogP contribution in [0.5, 0.6) is 5.75 Å². The summed E-state index contributed by atoms with van der Waals surface area (Å²) >= 11 is 0. The van der Waals surface area contributed by atoms with E-state index in [2.05, 4.69) is 21.8 Å². The summed E-state index contributed by atoms with van der Waals surface area (Å²) in [6.07, 6.45) is -2.23. The van der Waals surface area contributed by atoms with Gasteiger partial charge in [0.2, 0.25) is 10.0 Å². The minimum absolute atomic E-state index is 0.0842. The van der Waals surface area contributed by atoms with E-state index >= 15 is 0 Å². The minimum Gasteiger partial charge on any atom is -0.445 e. The van der Waals surface area contributed by atoms with Gasteiger partial charge in [-0.2, -0.15) is 4.31 Å². The molecule has 0 bridgehead atoms. The number of hydrogen-bond acceptors (Lipinski definition) is 6. The van der Waals surface area contributed by atoms with Crippen LogP contribution in [-0.2, 0) is 21.4 Å². The predicted octanol–water partition coefficient (Wildman–Crippen LogP) is 6.89. The molecule has 3 unspecified atom stereocenters. The van der Waals surface area contributed by atoms with Gasteiger partial charge in [0.15, 0.2) is 0 Å². The first-order valence-corrected chi connectivity index (χ1v) is 17.5. The van der Waals surface area contributed by atoms with Gasteiger partial charge in [-0.3, -0.25) is 0 Å².